The summed E-state index contributed by atoms with van der Waals surface area (Å²) in [6.07, 6.45) is 0. The number of carbonyl (C=O) groups is 1. The van der Waals surface area contributed by atoms with Gasteiger partial charge in [-0.05, 0) is 51.3 Å². The molecule has 0 saturated heterocycles. The predicted octanol–water partition coefficient (Wildman–Crippen LogP) is 4.55. The molecule has 0 atom stereocenters. The van der Waals surface area contributed by atoms with Crippen LogP contribution in [-0.4, -0.2) is 35.9 Å². The van der Waals surface area contributed by atoms with Gasteiger partial charge in [0, 0.05) is 5.56 Å². The average molecular weight is 417 g/mol. The Morgan fingerprint density at radius 1 is 1.10 bits per heavy atom. The van der Waals surface area contributed by atoms with Crippen LogP contribution in [0.3, 0.4) is 0 Å². The number of amides is 1. The van der Waals surface area contributed by atoms with Crippen LogP contribution in [0, 0.1) is 6.92 Å². The number of benzene rings is 1. The van der Waals surface area contributed by atoms with Gasteiger partial charge < -0.3 is 24.1 Å². The van der Waals surface area contributed by atoms with E-state index >= 15 is 0 Å². The maximum atomic E-state index is 13.0. The van der Waals surface area contributed by atoms with Crippen LogP contribution < -0.4 is 19.5 Å². The number of ether oxygens (including phenoxy) is 3. The van der Waals surface area contributed by atoms with Gasteiger partial charge in [-0.1, -0.05) is 5.16 Å². The molecule has 1 aromatic carbocycles. The lowest BCUT2D eigenvalue weighted by atomic mass is 10.1. The minimum Gasteiger partial charge on any atom is -0.490 e. The van der Waals surface area contributed by atoms with E-state index in [9.17, 15) is 4.79 Å². The molecule has 0 aliphatic carbocycles. The molecule has 3 rings (SSSR count). The molecule has 0 radical (unpaired) electrons. The first-order chi connectivity index (χ1) is 14.1. The Morgan fingerprint density at radius 3 is 2.31 bits per heavy atom. The van der Waals surface area contributed by atoms with Crippen molar-refractivity contribution in [1.29, 1.82) is 0 Å². The third kappa shape index (κ3) is 4.68. The Kier molecular flexibility index (Phi) is 6.71. The standard InChI is InChI=1S/C20H23N3O5S/c1-5-25-15-10-13(11-16(26-6-2)17(15)27-7-3)19(24)22-14-8-9-29-18(14)20-21-12(4)23-28-20/h8-11H,5-7H2,1-4H3,(H,22,24). The molecule has 0 aliphatic heterocycles. The van der Waals surface area contributed by atoms with Gasteiger partial charge in [0.05, 0.1) is 25.5 Å². The Morgan fingerprint density at radius 2 is 1.76 bits per heavy atom. The smallest absolute Gasteiger partial charge is 0.270 e. The molecule has 0 fully saturated rings. The molecule has 2 aromatic heterocycles. The number of hydrogen-bond donors (Lipinski definition) is 1. The molecule has 0 aliphatic rings. The topological polar surface area (TPSA) is 95.7 Å². The van der Waals surface area contributed by atoms with Crippen LogP contribution >= 0.6 is 11.3 Å². The van der Waals surface area contributed by atoms with E-state index in [4.69, 9.17) is 18.7 Å². The molecule has 0 spiro atoms. The fraction of sp³-hybridized carbons (Fsp3) is 0.350. The molecule has 0 saturated carbocycles. The van der Waals surface area contributed by atoms with E-state index in [0.717, 1.165) is 0 Å². The van der Waals surface area contributed by atoms with Gasteiger partial charge in [0.2, 0.25) is 5.75 Å². The second kappa shape index (κ2) is 9.42. The highest BCUT2D eigenvalue weighted by molar-refractivity contribution is 7.14. The minimum atomic E-state index is -0.314. The van der Waals surface area contributed by atoms with E-state index in [1.54, 1.807) is 25.1 Å². The summed E-state index contributed by atoms with van der Waals surface area (Å²) >= 11 is 1.40. The zero-order valence-corrected chi connectivity index (χ0v) is 17.6. The minimum absolute atomic E-state index is 0.314. The van der Waals surface area contributed by atoms with Crippen molar-refractivity contribution < 1.29 is 23.5 Å². The molecule has 29 heavy (non-hydrogen) atoms. The van der Waals surface area contributed by atoms with Crippen LogP contribution in [0.15, 0.2) is 28.1 Å². The fourth-order valence-electron chi connectivity index (χ4n) is 2.68. The van der Waals surface area contributed by atoms with E-state index < -0.39 is 0 Å². The Labute approximate surface area is 172 Å². The van der Waals surface area contributed by atoms with Crippen molar-refractivity contribution >= 4 is 22.9 Å². The SMILES string of the molecule is CCOc1cc(C(=O)Nc2ccsc2-c2nc(C)no2)cc(OCC)c1OCC. The van der Waals surface area contributed by atoms with Gasteiger partial charge in [0.25, 0.3) is 11.8 Å². The van der Waals surface area contributed by atoms with E-state index in [0.29, 0.717) is 64.9 Å². The van der Waals surface area contributed by atoms with Crippen molar-refractivity contribution in [1.82, 2.24) is 10.1 Å². The summed E-state index contributed by atoms with van der Waals surface area (Å²) in [5.74, 6) is 1.99. The third-order valence-electron chi connectivity index (χ3n) is 3.81. The van der Waals surface area contributed by atoms with Crippen molar-refractivity contribution in [2.45, 2.75) is 27.7 Å². The largest absolute Gasteiger partial charge is 0.490 e. The Balaban J connectivity index is 1.92. The summed E-state index contributed by atoms with van der Waals surface area (Å²) in [7, 11) is 0. The summed E-state index contributed by atoms with van der Waals surface area (Å²) in [6.45, 7) is 8.67. The quantitative estimate of drug-likeness (QED) is 0.545. The highest BCUT2D eigenvalue weighted by Gasteiger charge is 2.20. The molecule has 0 unspecified atom stereocenters. The number of nitrogens with zero attached hydrogens (tertiary/aromatic N) is 2. The monoisotopic (exact) mass is 417 g/mol. The fourth-order valence-corrected chi connectivity index (χ4v) is 3.45. The van der Waals surface area contributed by atoms with Gasteiger partial charge in [-0.2, -0.15) is 4.98 Å². The van der Waals surface area contributed by atoms with Crippen LogP contribution in [0.2, 0.25) is 0 Å². The summed E-state index contributed by atoms with van der Waals surface area (Å²) in [6, 6.07) is 5.09. The normalized spacial score (nSPS) is 10.6. The Bertz CT molecular complexity index is 955. The number of rotatable bonds is 9. The third-order valence-corrected chi connectivity index (χ3v) is 4.71. The number of hydrogen-bond acceptors (Lipinski definition) is 8. The van der Waals surface area contributed by atoms with Crippen LogP contribution in [-0.2, 0) is 0 Å². The van der Waals surface area contributed by atoms with Crippen LogP contribution in [0.25, 0.3) is 10.8 Å². The molecule has 9 heteroatoms. The van der Waals surface area contributed by atoms with Gasteiger partial charge in [0.1, 0.15) is 4.88 Å². The molecule has 1 N–H and O–H groups in total. The van der Waals surface area contributed by atoms with E-state index in [-0.39, 0.29) is 5.91 Å². The molecule has 1 amide bonds. The van der Waals surface area contributed by atoms with Gasteiger partial charge in [-0.15, -0.1) is 11.3 Å². The Hall–Kier alpha value is -3.07. The number of nitrogens with one attached hydrogen (secondary N) is 1. The number of aromatic nitrogens is 2. The second-order valence-corrected chi connectivity index (χ2v) is 6.78. The zero-order chi connectivity index (χ0) is 20.8. The first-order valence-electron chi connectivity index (χ1n) is 9.33. The summed E-state index contributed by atoms with van der Waals surface area (Å²) in [5.41, 5.74) is 0.979. The number of aryl methyl sites for hydroxylation is 1. The molecule has 154 valence electrons. The molecule has 8 nitrogen and oxygen atoms in total. The second-order valence-electron chi connectivity index (χ2n) is 5.86. The first-order valence-corrected chi connectivity index (χ1v) is 10.2. The van der Waals surface area contributed by atoms with Gasteiger partial charge >= 0.3 is 0 Å². The van der Waals surface area contributed by atoms with Crippen LogP contribution in [0.1, 0.15) is 37.0 Å². The van der Waals surface area contributed by atoms with Gasteiger partial charge in [-0.25, -0.2) is 0 Å². The maximum Gasteiger partial charge on any atom is 0.270 e. The highest BCUT2D eigenvalue weighted by Crippen LogP contribution is 2.40. The highest BCUT2D eigenvalue weighted by atomic mass is 32.1. The lowest BCUT2D eigenvalue weighted by Gasteiger charge is -2.17. The molecule has 3 aromatic rings. The van der Waals surface area contributed by atoms with E-state index in [1.165, 1.54) is 11.3 Å². The summed E-state index contributed by atoms with van der Waals surface area (Å²) in [5, 5.41) is 8.55. The van der Waals surface area contributed by atoms with E-state index in [2.05, 4.69) is 15.5 Å². The molecule has 0 bridgehead atoms. The lowest BCUT2D eigenvalue weighted by Crippen LogP contribution is -2.13. The summed E-state index contributed by atoms with van der Waals surface area (Å²) < 4.78 is 22.3. The van der Waals surface area contributed by atoms with Gasteiger partial charge in [-0.3, -0.25) is 4.79 Å². The van der Waals surface area contributed by atoms with Crippen molar-refractivity contribution in [2.75, 3.05) is 25.1 Å². The van der Waals surface area contributed by atoms with Crippen molar-refractivity contribution in [3.63, 3.8) is 0 Å². The van der Waals surface area contributed by atoms with E-state index in [1.807, 2.05) is 26.2 Å². The molecule has 2 heterocycles. The lowest BCUT2D eigenvalue weighted by molar-refractivity contribution is 0.102. The predicted molar refractivity (Wildman–Crippen MR) is 110 cm³/mol. The number of anilines is 1. The zero-order valence-electron chi connectivity index (χ0n) is 16.8. The average Bonchev–Trinajstić information content (AvgIpc) is 3.33. The van der Waals surface area contributed by atoms with Crippen molar-refractivity contribution in [3.05, 3.63) is 35.0 Å². The molecular formula is C20H23N3O5S. The van der Waals surface area contributed by atoms with Crippen LogP contribution in [0.4, 0.5) is 5.69 Å². The number of thiophene rings is 1. The van der Waals surface area contributed by atoms with Gasteiger partial charge in [0.15, 0.2) is 17.3 Å². The van der Waals surface area contributed by atoms with Crippen molar-refractivity contribution in [2.24, 2.45) is 0 Å². The van der Waals surface area contributed by atoms with Crippen molar-refractivity contribution in [3.8, 4) is 28.0 Å². The van der Waals surface area contributed by atoms with Crippen LogP contribution in [0.5, 0.6) is 17.2 Å². The number of carbonyl (C=O) groups excluding carboxylic acids is 1. The first kappa shape index (κ1) is 20.7. The molecular weight excluding hydrogens is 394 g/mol. The maximum absolute atomic E-state index is 13.0. The summed E-state index contributed by atoms with van der Waals surface area (Å²) in [4.78, 5) is 17.9.